The lowest BCUT2D eigenvalue weighted by atomic mass is 9.79. The molecule has 144 valence electrons. The van der Waals surface area contributed by atoms with Gasteiger partial charge < -0.3 is 14.4 Å². The SMILES string of the molecule is N#Cc1cccc(C(=O)N2CC3(C[C@H](CCOc4ccccn4)CCO3)C2)c1. The van der Waals surface area contributed by atoms with Crippen LogP contribution >= 0.6 is 0 Å². The van der Waals surface area contributed by atoms with Crippen LogP contribution in [0.25, 0.3) is 0 Å². The van der Waals surface area contributed by atoms with Gasteiger partial charge >= 0.3 is 0 Å². The van der Waals surface area contributed by atoms with Crippen LogP contribution in [-0.4, -0.2) is 47.7 Å². The van der Waals surface area contributed by atoms with E-state index in [-0.39, 0.29) is 11.5 Å². The molecule has 0 saturated carbocycles. The zero-order valence-electron chi connectivity index (χ0n) is 15.7. The van der Waals surface area contributed by atoms with E-state index in [4.69, 9.17) is 14.7 Å². The number of aromatic nitrogens is 1. The maximum atomic E-state index is 12.7. The van der Waals surface area contributed by atoms with Gasteiger partial charge in [0.25, 0.3) is 5.91 Å². The van der Waals surface area contributed by atoms with Gasteiger partial charge in [0.05, 0.1) is 31.3 Å². The molecule has 2 aromatic rings. The van der Waals surface area contributed by atoms with E-state index in [0.29, 0.717) is 42.6 Å². The van der Waals surface area contributed by atoms with Crippen molar-refractivity contribution in [2.24, 2.45) is 5.92 Å². The van der Waals surface area contributed by atoms with Gasteiger partial charge in [-0.15, -0.1) is 0 Å². The standard InChI is InChI=1S/C22H23N3O3/c23-14-18-4-3-5-19(12-18)21(26)25-15-22(16-25)13-17(8-11-28-22)7-10-27-20-6-1-2-9-24-20/h1-6,9,12,17H,7-8,10-11,13,15-16H2/t17-/m1/s1. The highest BCUT2D eigenvalue weighted by Gasteiger charge is 2.49. The Balaban J connectivity index is 1.28. The number of nitrogens with zero attached hydrogens (tertiary/aromatic N) is 3. The highest BCUT2D eigenvalue weighted by molar-refractivity contribution is 5.95. The largest absolute Gasteiger partial charge is 0.478 e. The fraction of sp³-hybridized carbons (Fsp3) is 0.409. The predicted molar refractivity (Wildman–Crippen MR) is 103 cm³/mol. The van der Waals surface area contributed by atoms with Crippen molar-refractivity contribution in [3.63, 3.8) is 0 Å². The van der Waals surface area contributed by atoms with Gasteiger partial charge in [-0.25, -0.2) is 4.98 Å². The summed E-state index contributed by atoms with van der Waals surface area (Å²) >= 11 is 0. The van der Waals surface area contributed by atoms with Crippen molar-refractivity contribution in [2.45, 2.75) is 24.9 Å². The number of rotatable bonds is 5. The van der Waals surface area contributed by atoms with Crippen LogP contribution in [0.5, 0.6) is 5.88 Å². The molecular formula is C22H23N3O3. The molecule has 4 rings (SSSR count). The highest BCUT2D eigenvalue weighted by atomic mass is 16.5. The third kappa shape index (κ3) is 4.00. The number of likely N-dealkylation sites (tertiary alicyclic amines) is 1. The van der Waals surface area contributed by atoms with E-state index in [2.05, 4.69) is 11.1 Å². The van der Waals surface area contributed by atoms with Crippen LogP contribution in [0.3, 0.4) is 0 Å². The molecule has 0 aliphatic carbocycles. The molecule has 1 amide bonds. The van der Waals surface area contributed by atoms with Gasteiger partial charge in [-0.3, -0.25) is 4.79 Å². The molecule has 28 heavy (non-hydrogen) atoms. The Kier molecular flexibility index (Phi) is 5.27. The van der Waals surface area contributed by atoms with E-state index < -0.39 is 0 Å². The summed E-state index contributed by atoms with van der Waals surface area (Å²) in [6.07, 6.45) is 4.65. The van der Waals surface area contributed by atoms with Crippen molar-refractivity contribution in [1.82, 2.24) is 9.88 Å². The minimum atomic E-state index is -0.226. The lowest BCUT2D eigenvalue weighted by Gasteiger charge is -2.53. The fourth-order valence-corrected chi connectivity index (χ4v) is 4.06. The lowest BCUT2D eigenvalue weighted by molar-refractivity contribution is -0.166. The first-order chi connectivity index (χ1) is 13.7. The van der Waals surface area contributed by atoms with E-state index in [1.165, 1.54) is 0 Å². The molecule has 1 aromatic carbocycles. The zero-order valence-corrected chi connectivity index (χ0v) is 15.7. The molecule has 0 unspecified atom stereocenters. The maximum absolute atomic E-state index is 12.7. The molecule has 2 saturated heterocycles. The summed E-state index contributed by atoms with van der Waals surface area (Å²) in [5.74, 6) is 1.15. The highest BCUT2D eigenvalue weighted by Crippen LogP contribution is 2.38. The van der Waals surface area contributed by atoms with Crippen molar-refractivity contribution in [1.29, 1.82) is 5.26 Å². The summed E-state index contributed by atoms with van der Waals surface area (Å²) in [5.41, 5.74) is 0.837. The Bertz CT molecular complexity index is 872. The molecule has 0 bridgehead atoms. The Hall–Kier alpha value is -2.91. The first-order valence-electron chi connectivity index (χ1n) is 9.65. The molecule has 1 aromatic heterocycles. The first-order valence-corrected chi connectivity index (χ1v) is 9.65. The molecular weight excluding hydrogens is 354 g/mol. The van der Waals surface area contributed by atoms with Crippen molar-refractivity contribution in [3.05, 3.63) is 59.8 Å². The molecule has 1 atom stereocenters. The Morgan fingerprint density at radius 1 is 1.32 bits per heavy atom. The second-order valence-corrected chi connectivity index (χ2v) is 7.55. The van der Waals surface area contributed by atoms with E-state index in [1.807, 2.05) is 23.1 Å². The van der Waals surface area contributed by atoms with E-state index in [9.17, 15) is 4.79 Å². The Labute approximate surface area is 164 Å². The molecule has 0 N–H and O–H groups in total. The molecule has 0 radical (unpaired) electrons. The average Bonchev–Trinajstić information content (AvgIpc) is 2.72. The van der Waals surface area contributed by atoms with Gasteiger partial charge in [-0.2, -0.15) is 5.26 Å². The summed E-state index contributed by atoms with van der Waals surface area (Å²) in [6, 6.07) is 14.6. The quantitative estimate of drug-likeness (QED) is 0.801. The minimum absolute atomic E-state index is 0.0352. The molecule has 6 heteroatoms. The first kappa shape index (κ1) is 18.5. The maximum Gasteiger partial charge on any atom is 0.254 e. The summed E-state index contributed by atoms with van der Waals surface area (Å²) in [6.45, 7) is 2.59. The van der Waals surface area contributed by atoms with Crippen LogP contribution in [-0.2, 0) is 4.74 Å². The minimum Gasteiger partial charge on any atom is -0.478 e. The summed E-state index contributed by atoms with van der Waals surface area (Å²) in [4.78, 5) is 18.7. The number of ether oxygens (including phenoxy) is 2. The van der Waals surface area contributed by atoms with Gasteiger partial charge in [-0.1, -0.05) is 12.1 Å². The third-order valence-corrected chi connectivity index (χ3v) is 5.49. The van der Waals surface area contributed by atoms with Gasteiger partial charge in [0.2, 0.25) is 5.88 Å². The van der Waals surface area contributed by atoms with Crippen LogP contribution < -0.4 is 4.74 Å². The van der Waals surface area contributed by atoms with Crippen molar-refractivity contribution < 1.29 is 14.3 Å². The number of benzene rings is 1. The van der Waals surface area contributed by atoms with Gasteiger partial charge in [0, 0.05) is 24.4 Å². The second-order valence-electron chi connectivity index (χ2n) is 7.55. The molecule has 2 aliphatic heterocycles. The number of carbonyl (C=O) groups excluding carboxylic acids is 1. The average molecular weight is 377 g/mol. The number of carbonyl (C=O) groups is 1. The normalized spacial score (nSPS) is 20.2. The fourth-order valence-electron chi connectivity index (χ4n) is 4.06. The molecule has 2 fully saturated rings. The molecule has 2 aliphatic rings. The van der Waals surface area contributed by atoms with Crippen molar-refractivity contribution in [3.8, 4) is 11.9 Å². The smallest absolute Gasteiger partial charge is 0.254 e. The summed E-state index contributed by atoms with van der Waals surface area (Å²) in [7, 11) is 0. The molecule has 1 spiro atoms. The third-order valence-electron chi connectivity index (χ3n) is 5.49. The van der Waals surface area contributed by atoms with Crippen LogP contribution in [0.4, 0.5) is 0 Å². The predicted octanol–water partition coefficient (Wildman–Crippen LogP) is 3.04. The number of amides is 1. The monoisotopic (exact) mass is 377 g/mol. The van der Waals surface area contributed by atoms with Gasteiger partial charge in [0.1, 0.15) is 5.60 Å². The van der Waals surface area contributed by atoms with Gasteiger partial charge in [-0.05, 0) is 49.4 Å². The van der Waals surface area contributed by atoms with E-state index in [1.54, 1.807) is 30.5 Å². The number of hydrogen-bond acceptors (Lipinski definition) is 5. The topological polar surface area (TPSA) is 75.5 Å². The number of pyridine rings is 1. The van der Waals surface area contributed by atoms with Crippen LogP contribution in [0.2, 0.25) is 0 Å². The van der Waals surface area contributed by atoms with Crippen LogP contribution in [0.1, 0.15) is 35.2 Å². The Morgan fingerprint density at radius 2 is 2.21 bits per heavy atom. The van der Waals surface area contributed by atoms with Gasteiger partial charge in [0.15, 0.2) is 0 Å². The lowest BCUT2D eigenvalue weighted by Crippen LogP contribution is -2.66. The molecule has 3 heterocycles. The number of nitriles is 1. The summed E-state index contributed by atoms with van der Waals surface area (Å²) in [5, 5.41) is 9.02. The molecule has 6 nitrogen and oxygen atoms in total. The van der Waals surface area contributed by atoms with Crippen LogP contribution in [0, 0.1) is 17.2 Å². The second kappa shape index (κ2) is 7.99. The van der Waals surface area contributed by atoms with E-state index >= 15 is 0 Å². The summed E-state index contributed by atoms with van der Waals surface area (Å²) < 4.78 is 11.8. The van der Waals surface area contributed by atoms with Crippen molar-refractivity contribution in [2.75, 3.05) is 26.3 Å². The van der Waals surface area contributed by atoms with E-state index in [0.717, 1.165) is 25.9 Å². The van der Waals surface area contributed by atoms with Crippen LogP contribution in [0.15, 0.2) is 48.7 Å². The Morgan fingerprint density at radius 3 is 3.00 bits per heavy atom. The zero-order chi connectivity index (χ0) is 19.4. The number of hydrogen-bond donors (Lipinski definition) is 0. The van der Waals surface area contributed by atoms with Crippen molar-refractivity contribution >= 4 is 5.91 Å².